The molecule has 0 N–H and O–H groups in total. The summed E-state index contributed by atoms with van der Waals surface area (Å²) in [5, 5.41) is 7.31. The molecule has 0 saturated carbocycles. The van der Waals surface area contributed by atoms with E-state index in [0.29, 0.717) is 0 Å². The maximum Gasteiger partial charge on any atom is 0.238 e. The molecule has 82 valence electrons. The van der Waals surface area contributed by atoms with Gasteiger partial charge in [-0.25, -0.2) is 8.78 Å². The molecule has 2 rings (SSSR count). The Bertz CT molecular complexity index is 484. The second-order valence-electron chi connectivity index (χ2n) is 2.90. The van der Waals surface area contributed by atoms with Gasteiger partial charge >= 0.3 is 0 Å². The van der Waals surface area contributed by atoms with Crippen molar-refractivity contribution in [2.75, 3.05) is 0 Å². The lowest BCUT2D eigenvalue weighted by Gasteiger charge is -2.03. The third-order valence-electron chi connectivity index (χ3n) is 1.67. The van der Waals surface area contributed by atoms with Crippen LogP contribution in [0.3, 0.4) is 0 Å². The Hall–Kier alpha value is -1.75. The van der Waals surface area contributed by atoms with Crippen LogP contribution in [0, 0.1) is 11.6 Å². The van der Waals surface area contributed by atoms with Gasteiger partial charge in [0.15, 0.2) is 5.15 Å². The van der Waals surface area contributed by atoms with Gasteiger partial charge in [0.25, 0.3) is 0 Å². The van der Waals surface area contributed by atoms with Crippen LogP contribution in [0.1, 0.15) is 0 Å². The van der Waals surface area contributed by atoms with E-state index < -0.39 is 11.6 Å². The lowest BCUT2D eigenvalue weighted by molar-refractivity contribution is 0.444. The molecule has 1 aromatic carbocycles. The summed E-state index contributed by atoms with van der Waals surface area (Å²) >= 11 is 5.52. The van der Waals surface area contributed by atoms with Crippen molar-refractivity contribution in [2.45, 2.75) is 0 Å². The Morgan fingerprint density at radius 2 is 1.69 bits per heavy atom. The van der Waals surface area contributed by atoms with Crippen molar-refractivity contribution in [1.82, 2.24) is 10.2 Å². The Kier molecular flexibility index (Phi) is 2.96. The van der Waals surface area contributed by atoms with Crippen molar-refractivity contribution in [2.24, 2.45) is 0 Å². The molecule has 0 unspecified atom stereocenters. The minimum absolute atomic E-state index is 0.00845. The van der Waals surface area contributed by atoms with Gasteiger partial charge in [-0.1, -0.05) is 11.6 Å². The van der Waals surface area contributed by atoms with Gasteiger partial charge in [-0.15, -0.1) is 10.2 Å². The van der Waals surface area contributed by atoms with Crippen molar-refractivity contribution in [3.8, 4) is 11.6 Å². The van der Waals surface area contributed by atoms with Crippen LogP contribution in [-0.4, -0.2) is 10.2 Å². The zero-order valence-corrected chi connectivity index (χ0v) is 8.58. The fourth-order valence-electron chi connectivity index (χ4n) is 1.07. The van der Waals surface area contributed by atoms with Crippen LogP contribution >= 0.6 is 11.6 Å². The third-order valence-corrected chi connectivity index (χ3v) is 1.87. The van der Waals surface area contributed by atoms with E-state index in [1.54, 1.807) is 0 Å². The number of ether oxygens (including phenoxy) is 1. The number of halogens is 3. The summed E-state index contributed by atoms with van der Waals surface area (Å²) in [7, 11) is 0. The van der Waals surface area contributed by atoms with Gasteiger partial charge in [-0.2, -0.15) is 0 Å². The summed E-state index contributed by atoms with van der Waals surface area (Å²) < 4.78 is 30.7. The number of hydrogen-bond acceptors (Lipinski definition) is 3. The standard InChI is InChI=1S/C10H5ClF2N2O/c11-9-1-2-10(15-14-9)16-8-4-6(12)3-7(13)5-8/h1-5H. The molecule has 6 heteroatoms. The fraction of sp³-hybridized carbons (Fsp3) is 0. The molecule has 0 aliphatic rings. The highest BCUT2D eigenvalue weighted by Gasteiger charge is 2.04. The highest BCUT2D eigenvalue weighted by atomic mass is 35.5. The Labute approximate surface area is 94.6 Å². The molecule has 2 aromatic rings. The third kappa shape index (κ3) is 2.64. The van der Waals surface area contributed by atoms with Gasteiger partial charge < -0.3 is 4.74 Å². The Morgan fingerprint density at radius 1 is 1.00 bits per heavy atom. The summed E-state index contributed by atoms with van der Waals surface area (Å²) in [4.78, 5) is 0. The van der Waals surface area contributed by atoms with Crippen LogP contribution in [0.5, 0.6) is 11.6 Å². The number of aromatic nitrogens is 2. The molecule has 1 heterocycles. The summed E-state index contributed by atoms with van der Waals surface area (Å²) in [6.45, 7) is 0. The van der Waals surface area contributed by atoms with Gasteiger partial charge in [0.05, 0.1) is 0 Å². The lowest BCUT2D eigenvalue weighted by Crippen LogP contribution is -1.91. The maximum absolute atomic E-state index is 12.8. The number of rotatable bonds is 2. The molecule has 0 radical (unpaired) electrons. The summed E-state index contributed by atoms with van der Waals surface area (Å²) in [6, 6.07) is 5.73. The van der Waals surface area contributed by atoms with Crippen molar-refractivity contribution < 1.29 is 13.5 Å². The first-order chi connectivity index (χ1) is 7.63. The van der Waals surface area contributed by atoms with Crippen LogP contribution in [0.15, 0.2) is 30.3 Å². The van der Waals surface area contributed by atoms with Crippen molar-refractivity contribution in [3.63, 3.8) is 0 Å². The maximum atomic E-state index is 12.8. The second-order valence-corrected chi connectivity index (χ2v) is 3.29. The Morgan fingerprint density at radius 3 is 2.25 bits per heavy atom. The summed E-state index contributed by atoms with van der Waals surface area (Å²) in [5.41, 5.74) is 0. The predicted octanol–water partition coefficient (Wildman–Crippen LogP) is 3.20. The zero-order chi connectivity index (χ0) is 11.5. The molecule has 0 aliphatic heterocycles. The minimum atomic E-state index is -0.725. The molecule has 1 aromatic heterocycles. The minimum Gasteiger partial charge on any atom is -0.437 e. The largest absolute Gasteiger partial charge is 0.437 e. The summed E-state index contributed by atoms with van der Waals surface area (Å²) in [5.74, 6) is -1.34. The number of benzene rings is 1. The summed E-state index contributed by atoms with van der Waals surface area (Å²) in [6.07, 6.45) is 0. The van der Waals surface area contributed by atoms with Gasteiger partial charge in [0.2, 0.25) is 5.88 Å². The molecular weight excluding hydrogens is 238 g/mol. The monoisotopic (exact) mass is 242 g/mol. The lowest BCUT2D eigenvalue weighted by atomic mass is 10.3. The molecular formula is C10H5ClF2N2O. The van der Waals surface area contributed by atoms with Gasteiger partial charge in [0, 0.05) is 24.3 Å². The highest BCUT2D eigenvalue weighted by Crippen LogP contribution is 2.21. The normalized spacial score (nSPS) is 10.2. The molecule has 0 amide bonds. The topological polar surface area (TPSA) is 35.0 Å². The van der Waals surface area contributed by atoms with Crippen LogP contribution in [-0.2, 0) is 0 Å². The molecule has 0 atom stereocenters. The first-order valence-electron chi connectivity index (χ1n) is 4.27. The first-order valence-corrected chi connectivity index (χ1v) is 4.64. The van der Waals surface area contributed by atoms with Crippen molar-refractivity contribution in [1.29, 1.82) is 0 Å². The second kappa shape index (κ2) is 4.40. The molecule has 0 saturated heterocycles. The van der Waals surface area contributed by atoms with E-state index in [9.17, 15) is 8.78 Å². The average Bonchev–Trinajstić information content (AvgIpc) is 2.20. The fourth-order valence-corrected chi connectivity index (χ4v) is 1.17. The van der Waals surface area contributed by atoms with E-state index in [2.05, 4.69) is 10.2 Å². The zero-order valence-electron chi connectivity index (χ0n) is 7.82. The number of nitrogens with zero attached hydrogens (tertiary/aromatic N) is 2. The predicted molar refractivity (Wildman–Crippen MR) is 53.5 cm³/mol. The molecule has 0 bridgehead atoms. The van der Waals surface area contributed by atoms with Crippen molar-refractivity contribution in [3.05, 3.63) is 47.1 Å². The SMILES string of the molecule is Fc1cc(F)cc(Oc2ccc(Cl)nn2)c1. The van der Waals surface area contributed by atoms with Crippen LogP contribution in [0.4, 0.5) is 8.78 Å². The number of hydrogen-bond donors (Lipinski definition) is 0. The molecule has 3 nitrogen and oxygen atoms in total. The van der Waals surface area contributed by atoms with Gasteiger partial charge in [0.1, 0.15) is 17.4 Å². The van der Waals surface area contributed by atoms with Gasteiger partial charge in [-0.3, -0.25) is 0 Å². The van der Waals surface area contributed by atoms with E-state index in [1.807, 2.05) is 0 Å². The highest BCUT2D eigenvalue weighted by molar-refractivity contribution is 6.29. The van der Waals surface area contributed by atoms with E-state index in [0.717, 1.165) is 18.2 Å². The van der Waals surface area contributed by atoms with E-state index in [1.165, 1.54) is 12.1 Å². The quantitative estimate of drug-likeness (QED) is 0.811. The van der Waals surface area contributed by atoms with Crippen LogP contribution in [0.2, 0.25) is 5.15 Å². The van der Waals surface area contributed by atoms with Crippen LogP contribution < -0.4 is 4.74 Å². The smallest absolute Gasteiger partial charge is 0.238 e. The average molecular weight is 243 g/mol. The van der Waals surface area contributed by atoms with Gasteiger partial charge in [-0.05, 0) is 6.07 Å². The Balaban J connectivity index is 2.23. The molecule has 0 aliphatic carbocycles. The molecule has 16 heavy (non-hydrogen) atoms. The van der Waals surface area contributed by atoms with E-state index >= 15 is 0 Å². The van der Waals surface area contributed by atoms with Crippen LogP contribution in [0.25, 0.3) is 0 Å². The molecule has 0 spiro atoms. The van der Waals surface area contributed by atoms with E-state index in [-0.39, 0.29) is 16.8 Å². The first kappa shape index (κ1) is 10.8. The molecule has 0 fully saturated rings. The van der Waals surface area contributed by atoms with E-state index in [4.69, 9.17) is 16.3 Å². The van der Waals surface area contributed by atoms with Crippen molar-refractivity contribution >= 4 is 11.6 Å².